The molecule has 16 heavy (non-hydrogen) atoms. The summed E-state index contributed by atoms with van der Waals surface area (Å²) < 4.78 is 14.3. The smallest absolute Gasteiger partial charge is 0.212 e. The Bertz CT molecular complexity index is 388. The van der Waals surface area contributed by atoms with Gasteiger partial charge < -0.3 is 0 Å². The normalized spacial score (nSPS) is 17.5. The third-order valence-electron chi connectivity index (χ3n) is 3.25. The molecule has 0 aromatic carbocycles. The van der Waals surface area contributed by atoms with Crippen LogP contribution in [0, 0.1) is 5.95 Å². The SMILES string of the molecule is CCCC(C)c1cc(C2CC2)c(F)nc1Br. The molecule has 2 rings (SSSR count). The molecule has 0 bridgehead atoms. The molecule has 0 amide bonds. The van der Waals surface area contributed by atoms with Crippen molar-refractivity contribution in [3.8, 4) is 0 Å². The summed E-state index contributed by atoms with van der Waals surface area (Å²) >= 11 is 3.37. The average molecular weight is 286 g/mol. The van der Waals surface area contributed by atoms with Crippen LogP contribution in [0.25, 0.3) is 0 Å². The minimum atomic E-state index is -0.290. The van der Waals surface area contributed by atoms with E-state index in [4.69, 9.17) is 0 Å². The van der Waals surface area contributed by atoms with E-state index >= 15 is 0 Å². The van der Waals surface area contributed by atoms with Gasteiger partial charge in [-0.25, -0.2) is 4.98 Å². The largest absolute Gasteiger partial charge is 0.217 e. The second kappa shape index (κ2) is 4.82. The Hall–Kier alpha value is -0.440. The van der Waals surface area contributed by atoms with Crippen LogP contribution >= 0.6 is 15.9 Å². The van der Waals surface area contributed by atoms with Gasteiger partial charge in [0, 0.05) is 5.56 Å². The van der Waals surface area contributed by atoms with Gasteiger partial charge >= 0.3 is 0 Å². The van der Waals surface area contributed by atoms with Crippen LogP contribution in [0.1, 0.15) is 62.5 Å². The van der Waals surface area contributed by atoms with Crippen molar-refractivity contribution >= 4 is 15.9 Å². The molecule has 1 nitrogen and oxygen atoms in total. The molecule has 3 heteroatoms. The first-order chi connectivity index (χ1) is 7.63. The summed E-state index contributed by atoms with van der Waals surface area (Å²) in [5.74, 6) is 0.583. The number of nitrogens with zero attached hydrogens (tertiary/aromatic N) is 1. The number of hydrogen-bond donors (Lipinski definition) is 0. The zero-order chi connectivity index (χ0) is 11.7. The average Bonchev–Trinajstić information content (AvgIpc) is 3.01. The van der Waals surface area contributed by atoms with E-state index in [0.29, 0.717) is 16.4 Å². The lowest BCUT2D eigenvalue weighted by atomic mass is 9.96. The minimum Gasteiger partial charge on any atom is -0.212 e. The first kappa shape index (κ1) is 12.0. The molecule has 88 valence electrons. The second-order valence-corrected chi connectivity index (χ2v) is 5.46. The molecule has 1 saturated carbocycles. The first-order valence-electron chi connectivity index (χ1n) is 5.99. The van der Waals surface area contributed by atoms with Crippen LogP contribution in [0.4, 0.5) is 4.39 Å². The molecular weight excluding hydrogens is 269 g/mol. The van der Waals surface area contributed by atoms with Crippen molar-refractivity contribution in [3.05, 3.63) is 27.7 Å². The molecule has 1 aliphatic carbocycles. The van der Waals surface area contributed by atoms with Gasteiger partial charge in [0.05, 0.1) is 0 Å². The fourth-order valence-corrected chi connectivity index (χ4v) is 2.78. The standard InChI is InChI=1S/C13H17BrFN/c1-3-4-8(2)10-7-11(9-5-6-9)13(15)16-12(10)14/h7-9H,3-6H2,1-2H3. The lowest BCUT2D eigenvalue weighted by molar-refractivity contribution is 0.557. The molecule has 1 aromatic rings. The minimum absolute atomic E-state index is 0.290. The van der Waals surface area contributed by atoms with Crippen molar-refractivity contribution in [2.24, 2.45) is 0 Å². The van der Waals surface area contributed by atoms with Crippen LogP contribution in [0.2, 0.25) is 0 Å². The highest BCUT2D eigenvalue weighted by atomic mass is 79.9. The van der Waals surface area contributed by atoms with Gasteiger partial charge in [-0.2, -0.15) is 4.39 Å². The molecule has 0 aliphatic heterocycles. The number of halogens is 2. The van der Waals surface area contributed by atoms with Gasteiger partial charge in [-0.3, -0.25) is 0 Å². The zero-order valence-electron chi connectivity index (χ0n) is 9.76. The molecule has 0 spiro atoms. The molecule has 1 aromatic heterocycles. The summed E-state index contributed by atoms with van der Waals surface area (Å²) in [7, 11) is 0. The predicted octanol–water partition coefficient (Wildman–Crippen LogP) is 4.76. The fraction of sp³-hybridized carbons (Fsp3) is 0.615. The Morgan fingerprint density at radius 2 is 2.25 bits per heavy atom. The Kier molecular flexibility index (Phi) is 3.63. The van der Waals surface area contributed by atoms with Crippen LogP contribution in [0.5, 0.6) is 0 Å². The first-order valence-corrected chi connectivity index (χ1v) is 6.78. The van der Waals surface area contributed by atoms with Gasteiger partial charge in [-0.1, -0.05) is 20.3 Å². The molecule has 0 radical (unpaired) electrons. The van der Waals surface area contributed by atoms with Crippen molar-refractivity contribution in [2.75, 3.05) is 0 Å². The zero-order valence-corrected chi connectivity index (χ0v) is 11.3. The maximum atomic E-state index is 13.6. The Morgan fingerprint density at radius 1 is 1.56 bits per heavy atom. The summed E-state index contributed by atoms with van der Waals surface area (Å²) in [4.78, 5) is 3.99. The van der Waals surface area contributed by atoms with Gasteiger partial charge in [0.25, 0.3) is 0 Å². The van der Waals surface area contributed by atoms with Gasteiger partial charge in [0.1, 0.15) is 4.60 Å². The lowest BCUT2D eigenvalue weighted by Crippen LogP contribution is -2.01. The van der Waals surface area contributed by atoms with E-state index in [1.165, 1.54) is 0 Å². The Morgan fingerprint density at radius 3 is 2.81 bits per heavy atom. The molecular formula is C13H17BrFN. The van der Waals surface area contributed by atoms with Crippen molar-refractivity contribution in [1.29, 1.82) is 0 Å². The third kappa shape index (κ3) is 2.45. The highest BCUT2D eigenvalue weighted by Crippen LogP contribution is 2.42. The van der Waals surface area contributed by atoms with E-state index in [9.17, 15) is 4.39 Å². The number of aromatic nitrogens is 1. The van der Waals surface area contributed by atoms with E-state index in [-0.39, 0.29) is 5.95 Å². The van der Waals surface area contributed by atoms with E-state index in [2.05, 4.69) is 34.8 Å². The summed E-state index contributed by atoms with van der Waals surface area (Å²) in [5.41, 5.74) is 1.98. The van der Waals surface area contributed by atoms with E-state index in [1.54, 1.807) is 0 Å². The third-order valence-corrected chi connectivity index (χ3v) is 3.89. The summed E-state index contributed by atoms with van der Waals surface area (Å²) in [6, 6.07) is 2.02. The van der Waals surface area contributed by atoms with Crippen molar-refractivity contribution in [3.63, 3.8) is 0 Å². The van der Waals surface area contributed by atoms with Gasteiger partial charge in [-0.15, -0.1) is 0 Å². The second-order valence-electron chi connectivity index (χ2n) is 4.71. The lowest BCUT2D eigenvalue weighted by Gasteiger charge is -2.14. The molecule has 1 fully saturated rings. The van der Waals surface area contributed by atoms with E-state index < -0.39 is 0 Å². The van der Waals surface area contributed by atoms with Gasteiger partial charge in [0.2, 0.25) is 5.95 Å². The summed E-state index contributed by atoms with van der Waals surface area (Å²) in [6.45, 7) is 4.35. The quantitative estimate of drug-likeness (QED) is 0.727. The highest BCUT2D eigenvalue weighted by Gasteiger charge is 2.28. The van der Waals surface area contributed by atoms with Gasteiger partial charge in [-0.05, 0) is 58.7 Å². The van der Waals surface area contributed by atoms with Crippen molar-refractivity contribution in [2.45, 2.75) is 51.4 Å². The van der Waals surface area contributed by atoms with Gasteiger partial charge in [0.15, 0.2) is 0 Å². The molecule has 0 saturated heterocycles. The molecule has 1 heterocycles. The van der Waals surface area contributed by atoms with Crippen LogP contribution in [-0.2, 0) is 0 Å². The van der Waals surface area contributed by atoms with Crippen LogP contribution < -0.4 is 0 Å². The maximum Gasteiger partial charge on any atom is 0.217 e. The number of hydrogen-bond acceptors (Lipinski definition) is 1. The molecule has 1 atom stereocenters. The summed E-state index contributed by atoms with van der Waals surface area (Å²) in [6.07, 6.45) is 4.49. The van der Waals surface area contributed by atoms with Crippen LogP contribution in [0.3, 0.4) is 0 Å². The Balaban J connectivity index is 2.32. The number of rotatable bonds is 4. The molecule has 0 N–H and O–H groups in total. The summed E-state index contributed by atoms with van der Waals surface area (Å²) in [5, 5.41) is 0. The van der Waals surface area contributed by atoms with Crippen molar-refractivity contribution in [1.82, 2.24) is 4.98 Å². The monoisotopic (exact) mass is 285 g/mol. The topological polar surface area (TPSA) is 12.9 Å². The molecule has 1 unspecified atom stereocenters. The predicted molar refractivity (Wildman–Crippen MR) is 67.2 cm³/mol. The van der Waals surface area contributed by atoms with E-state index in [0.717, 1.165) is 36.8 Å². The van der Waals surface area contributed by atoms with Crippen molar-refractivity contribution < 1.29 is 4.39 Å². The van der Waals surface area contributed by atoms with Crippen LogP contribution in [0.15, 0.2) is 10.7 Å². The fourth-order valence-electron chi connectivity index (χ4n) is 2.12. The molecule has 1 aliphatic rings. The number of pyridine rings is 1. The van der Waals surface area contributed by atoms with E-state index in [1.807, 2.05) is 6.07 Å². The maximum absolute atomic E-state index is 13.6. The Labute approximate surface area is 105 Å². The van der Waals surface area contributed by atoms with Crippen LogP contribution in [-0.4, -0.2) is 4.98 Å². The highest BCUT2D eigenvalue weighted by molar-refractivity contribution is 9.10.